The van der Waals surface area contributed by atoms with Crippen LogP contribution in [0.5, 0.6) is 0 Å². The SMILES string of the molecule is Cc1cc(-c2cc(C)c(N)c(C)c2)cc(C)c1N.O=NO. The molecule has 0 saturated carbocycles. The number of hydrogen-bond acceptors (Lipinski definition) is 4. The van der Waals surface area contributed by atoms with Crippen LogP contribution < -0.4 is 11.5 Å². The minimum Gasteiger partial charge on any atom is -0.398 e. The van der Waals surface area contributed by atoms with E-state index in [-0.39, 0.29) is 0 Å². The highest BCUT2D eigenvalue weighted by Gasteiger charge is 2.07. The van der Waals surface area contributed by atoms with Crippen molar-refractivity contribution in [2.45, 2.75) is 27.7 Å². The van der Waals surface area contributed by atoms with Crippen LogP contribution >= 0.6 is 0 Å². The second-order valence-corrected chi connectivity index (χ2v) is 5.13. The van der Waals surface area contributed by atoms with Crippen LogP contribution in [0.4, 0.5) is 11.4 Å². The predicted octanol–water partition coefficient (Wildman–Crippen LogP) is 3.89. The lowest BCUT2D eigenvalue weighted by Crippen LogP contribution is -1.97. The summed E-state index contributed by atoms with van der Waals surface area (Å²) in [6.07, 6.45) is 0. The lowest BCUT2D eigenvalue weighted by atomic mass is 9.95. The fraction of sp³-hybridized carbons (Fsp3) is 0.250. The van der Waals surface area contributed by atoms with Gasteiger partial charge in [0.05, 0.1) is 0 Å². The van der Waals surface area contributed by atoms with Crippen molar-refractivity contribution in [1.82, 2.24) is 0 Å². The zero-order valence-electron chi connectivity index (χ0n) is 12.8. The van der Waals surface area contributed by atoms with Gasteiger partial charge in [-0.2, -0.15) is 0 Å². The summed E-state index contributed by atoms with van der Waals surface area (Å²) >= 11 is 0. The highest BCUT2D eigenvalue weighted by molar-refractivity contribution is 5.73. The molecular formula is C16H21N3O2. The van der Waals surface area contributed by atoms with Gasteiger partial charge in [-0.25, -0.2) is 0 Å². The van der Waals surface area contributed by atoms with E-state index in [2.05, 4.69) is 24.3 Å². The first-order valence-corrected chi connectivity index (χ1v) is 6.52. The summed E-state index contributed by atoms with van der Waals surface area (Å²) in [6, 6.07) is 8.53. The van der Waals surface area contributed by atoms with Crippen LogP contribution in [0.2, 0.25) is 0 Å². The van der Waals surface area contributed by atoms with Gasteiger partial charge in [0.1, 0.15) is 0 Å². The van der Waals surface area contributed by atoms with E-state index >= 15 is 0 Å². The highest BCUT2D eigenvalue weighted by Crippen LogP contribution is 2.30. The van der Waals surface area contributed by atoms with E-state index in [1.54, 1.807) is 0 Å². The summed E-state index contributed by atoms with van der Waals surface area (Å²) < 4.78 is 0. The van der Waals surface area contributed by atoms with E-state index in [1.165, 1.54) is 16.5 Å². The molecule has 0 radical (unpaired) electrons. The smallest absolute Gasteiger partial charge is 0.152 e. The molecule has 2 aromatic rings. The molecule has 0 unspecified atom stereocenters. The van der Waals surface area contributed by atoms with Gasteiger partial charge in [-0.15, -0.1) is 4.91 Å². The van der Waals surface area contributed by atoms with Gasteiger partial charge in [0.25, 0.3) is 0 Å². The largest absolute Gasteiger partial charge is 0.398 e. The molecule has 2 rings (SSSR count). The molecule has 0 aliphatic heterocycles. The van der Waals surface area contributed by atoms with Gasteiger partial charge in [-0.05, 0) is 85.3 Å². The number of anilines is 2. The first-order valence-electron chi connectivity index (χ1n) is 6.52. The van der Waals surface area contributed by atoms with Crippen molar-refractivity contribution in [1.29, 1.82) is 0 Å². The number of benzene rings is 2. The summed E-state index contributed by atoms with van der Waals surface area (Å²) in [7, 11) is 0. The molecule has 0 fully saturated rings. The Kier molecular flexibility index (Phi) is 5.30. The van der Waals surface area contributed by atoms with E-state index in [9.17, 15) is 0 Å². The third-order valence-electron chi connectivity index (χ3n) is 3.52. The second kappa shape index (κ2) is 6.74. The van der Waals surface area contributed by atoms with Crippen molar-refractivity contribution in [2.24, 2.45) is 5.34 Å². The van der Waals surface area contributed by atoms with Gasteiger partial charge < -0.3 is 16.7 Å². The van der Waals surface area contributed by atoms with Crippen LogP contribution in [0.3, 0.4) is 0 Å². The lowest BCUT2D eigenvalue weighted by Gasteiger charge is -2.12. The van der Waals surface area contributed by atoms with Crippen LogP contribution in [0.25, 0.3) is 11.1 Å². The zero-order valence-corrected chi connectivity index (χ0v) is 12.8. The maximum atomic E-state index is 8.11. The first kappa shape index (κ1) is 16.5. The summed E-state index contributed by atoms with van der Waals surface area (Å²) in [5, 5.41) is 7.89. The second-order valence-electron chi connectivity index (χ2n) is 5.13. The van der Waals surface area contributed by atoms with Gasteiger partial charge in [-0.1, -0.05) is 0 Å². The zero-order chi connectivity index (χ0) is 16.2. The minimum atomic E-state index is 0.877. The molecule has 0 aliphatic carbocycles. The van der Waals surface area contributed by atoms with E-state index in [0.717, 1.165) is 33.6 Å². The normalized spacial score (nSPS) is 9.71. The van der Waals surface area contributed by atoms with Crippen LogP contribution in [0.1, 0.15) is 22.3 Å². The molecule has 5 N–H and O–H groups in total. The third kappa shape index (κ3) is 3.72. The highest BCUT2D eigenvalue weighted by atomic mass is 16.6. The molecule has 0 aliphatic rings. The van der Waals surface area contributed by atoms with Gasteiger partial charge in [0, 0.05) is 11.4 Å². The number of nitrogens with two attached hydrogens (primary N) is 2. The quantitative estimate of drug-likeness (QED) is 0.420. The van der Waals surface area contributed by atoms with E-state index in [0.29, 0.717) is 0 Å². The Hall–Kier alpha value is -2.56. The van der Waals surface area contributed by atoms with Crippen LogP contribution in [-0.4, -0.2) is 5.21 Å². The molecule has 0 heterocycles. The van der Waals surface area contributed by atoms with Crippen molar-refractivity contribution in [3.63, 3.8) is 0 Å². The Morgan fingerprint density at radius 3 is 1.14 bits per heavy atom. The number of nitrogen functional groups attached to an aromatic ring is 2. The molecule has 2 aromatic carbocycles. The van der Waals surface area contributed by atoms with Gasteiger partial charge in [0.2, 0.25) is 0 Å². The maximum absolute atomic E-state index is 8.11. The Labute approximate surface area is 124 Å². The molecule has 112 valence electrons. The standard InChI is InChI=1S/C16H20N2.HNO2/c1-9-5-13(6-10(2)15(9)17)14-7-11(3)16(18)12(4)8-14;2-1-3/h5-8H,17-18H2,1-4H3;(H,2,3). The molecule has 5 nitrogen and oxygen atoms in total. The fourth-order valence-corrected chi connectivity index (χ4v) is 2.28. The number of hydrogen-bond donors (Lipinski definition) is 3. The van der Waals surface area contributed by atoms with Crippen molar-refractivity contribution < 1.29 is 5.21 Å². The summed E-state index contributed by atoms with van der Waals surface area (Å²) in [4.78, 5) is 8.11. The van der Waals surface area contributed by atoms with Crippen LogP contribution in [0, 0.1) is 32.6 Å². The number of aryl methyl sites for hydroxylation is 4. The van der Waals surface area contributed by atoms with Crippen LogP contribution in [0.15, 0.2) is 29.6 Å². The Bertz CT molecular complexity index is 565. The molecule has 21 heavy (non-hydrogen) atoms. The summed E-state index contributed by atoms with van der Waals surface area (Å²) in [5.74, 6) is 0. The fourth-order valence-electron chi connectivity index (χ4n) is 2.28. The first-order chi connectivity index (χ1) is 9.81. The van der Waals surface area contributed by atoms with E-state index in [1.807, 2.05) is 27.7 Å². The molecule has 0 spiro atoms. The van der Waals surface area contributed by atoms with Gasteiger partial charge in [-0.3, -0.25) is 0 Å². The van der Waals surface area contributed by atoms with Crippen molar-refractivity contribution >= 4 is 11.4 Å². The predicted molar refractivity (Wildman–Crippen MR) is 87.2 cm³/mol. The number of nitrogens with zero attached hydrogens (tertiary/aromatic N) is 1. The Balaban J connectivity index is 0.000000677. The van der Waals surface area contributed by atoms with Gasteiger partial charge in [0.15, 0.2) is 5.34 Å². The molecular weight excluding hydrogens is 266 g/mol. The van der Waals surface area contributed by atoms with Crippen molar-refractivity contribution in [3.05, 3.63) is 51.4 Å². The Morgan fingerprint density at radius 2 is 0.952 bits per heavy atom. The molecule has 0 bridgehead atoms. The van der Waals surface area contributed by atoms with E-state index < -0.39 is 0 Å². The van der Waals surface area contributed by atoms with Crippen molar-refractivity contribution in [2.75, 3.05) is 11.5 Å². The van der Waals surface area contributed by atoms with Crippen LogP contribution in [-0.2, 0) is 0 Å². The molecule has 0 atom stereocenters. The lowest BCUT2D eigenvalue weighted by molar-refractivity contribution is 0.312. The van der Waals surface area contributed by atoms with Crippen molar-refractivity contribution in [3.8, 4) is 11.1 Å². The monoisotopic (exact) mass is 287 g/mol. The Morgan fingerprint density at radius 1 is 0.762 bits per heavy atom. The minimum absolute atomic E-state index is 0.877. The average molecular weight is 287 g/mol. The average Bonchev–Trinajstić information content (AvgIpc) is 2.42. The molecule has 0 saturated heterocycles. The molecule has 5 heteroatoms. The summed E-state index contributed by atoms with van der Waals surface area (Å²) in [5.41, 5.74) is 20.6. The molecule has 0 amide bonds. The third-order valence-corrected chi connectivity index (χ3v) is 3.52. The maximum Gasteiger partial charge on any atom is 0.152 e. The molecule has 0 aromatic heterocycles. The summed E-state index contributed by atoms with van der Waals surface area (Å²) in [6.45, 7) is 8.18. The van der Waals surface area contributed by atoms with E-state index in [4.69, 9.17) is 21.6 Å². The topological polar surface area (TPSA) is 102 Å². The number of rotatable bonds is 1. The van der Waals surface area contributed by atoms with Gasteiger partial charge >= 0.3 is 0 Å².